The van der Waals surface area contributed by atoms with Gasteiger partial charge in [0, 0.05) is 32.1 Å². The standard InChI is InChI=1S/C11H17ClN2O2S2/c12-4-7-13-5-2-6-14(9-8-13)18(15,16)11-3-1-10-17-11/h1,3,10H,2,4-9H2. The molecule has 102 valence electrons. The van der Waals surface area contributed by atoms with E-state index in [1.54, 1.807) is 21.8 Å². The smallest absolute Gasteiger partial charge is 0.252 e. The average molecular weight is 309 g/mol. The van der Waals surface area contributed by atoms with Crippen LogP contribution in [0.3, 0.4) is 0 Å². The third-order valence-corrected chi connectivity index (χ3v) is 6.48. The minimum Gasteiger partial charge on any atom is -0.301 e. The Morgan fingerprint density at radius 1 is 1.28 bits per heavy atom. The van der Waals surface area contributed by atoms with Crippen LogP contribution in [-0.2, 0) is 10.0 Å². The summed E-state index contributed by atoms with van der Waals surface area (Å²) in [6.45, 7) is 3.66. The van der Waals surface area contributed by atoms with E-state index in [2.05, 4.69) is 4.90 Å². The SMILES string of the molecule is O=S(=O)(c1cccs1)N1CCCN(CCCl)CC1. The van der Waals surface area contributed by atoms with Crippen LogP contribution in [0.4, 0.5) is 0 Å². The van der Waals surface area contributed by atoms with Gasteiger partial charge in [-0.3, -0.25) is 0 Å². The van der Waals surface area contributed by atoms with Gasteiger partial charge in [-0.15, -0.1) is 22.9 Å². The molecule has 18 heavy (non-hydrogen) atoms. The topological polar surface area (TPSA) is 40.6 Å². The molecule has 0 amide bonds. The van der Waals surface area contributed by atoms with Gasteiger partial charge in [0.2, 0.25) is 0 Å². The average Bonchev–Trinajstić information content (AvgIpc) is 2.78. The minimum absolute atomic E-state index is 0.438. The summed E-state index contributed by atoms with van der Waals surface area (Å²) in [6.07, 6.45) is 0.863. The lowest BCUT2D eigenvalue weighted by Gasteiger charge is -2.20. The molecule has 4 nitrogen and oxygen atoms in total. The summed E-state index contributed by atoms with van der Waals surface area (Å²) in [5.74, 6) is 0.595. The van der Waals surface area contributed by atoms with Crippen molar-refractivity contribution in [3.8, 4) is 0 Å². The Bertz CT molecular complexity index is 461. The predicted octanol–water partition coefficient (Wildman–Crippen LogP) is 1.68. The summed E-state index contributed by atoms with van der Waals surface area (Å²) in [5, 5.41) is 1.80. The third kappa shape index (κ3) is 3.24. The number of nitrogens with zero attached hydrogens (tertiary/aromatic N) is 2. The first-order valence-corrected chi connectivity index (χ1v) is 8.82. The Morgan fingerprint density at radius 3 is 2.78 bits per heavy atom. The van der Waals surface area contributed by atoms with Crippen LogP contribution in [0.2, 0.25) is 0 Å². The number of hydrogen-bond acceptors (Lipinski definition) is 4. The van der Waals surface area contributed by atoms with Crippen molar-refractivity contribution in [1.29, 1.82) is 0 Å². The molecule has 0 unspecified atom stereocenters. The first-order valence-electron chi connectivity index (χ1n) is 5.96. The summed E-state index contributed by atoms with van der Waals surface area (Å²) >= 11 is 7.00. The highest BCUT2D eigenvalue weighted by Crippen LogP contribution is 2.21. The molecule has 1 aromatic heterocycles. The molecule has 2 rings (SSSR count). The van der Waals surface area contributed by atoms with E-state index in [1.807, 2.05) is 0 Å². The highest BCUT2D eigenvalue weighted by atomic mass is 35.5. The fraction of sp³-hybridized carbons (Fsp3) is 0.636. The van der Waals surface area contributed by atoms with Gasteiger partial charge in [-0.1, -0.05) is 6.07 Å². The van der Waals surface area contributed by atoms with Crippen molar-refractivity contribution in [3.63, 3.8) is 0 Å². The molecule has 0 spiro atoms. The number of hydrogen-bond donors (Lipinski definition) is 0. The molecule has 1 aliphatic rings. The molecule has 7 heteroatoms. The lowest BCUT2D eigenvalue weighted by atomic mass is 10.4. The van der Waals surface area contributed by atoms with Crippen LogP contribution in [0, 0.1) is 0 Å². The lowest BCUT2D eigenvalue weighted by Crippen LogP contribution is -2.35. The minimum atomic E-state index is -3.29. The van der Waals surface area contributed by atoms with Crippen molar-refractivity contribution < 1.29 is 8.42 Å². The Morgan fingerprint density at radius 2 is 2.11 bits per heavy atom. The summed E-state index contributed by atoms with van der Waals surface area (Å²) in [4.78, 5) is 2.22. The zero-order valence-corrected chi connectivity index (χ0v) is 12.5. The Balaban J connectivity index is 2.06. The van der Waals surface area contributed by atoms with Gasteiger partial charge in [0.15, 0.2) is 0 Å². The maximum absolute atomic E-state index is 12.4. The highest BCUT2D eigenvalue weighted by molar-refractivity contribution is 7.91. The molecular weight excluding hydrogens is 292 g/mol. The van der Waals surface area contributed by atoms with Crippen molar-refractivity contribution in [2.45, 2.75) is 10.6 Å². The second-order valence-electron chi connectivity index (χ2n) is 4.22. The normalized spacial score (nSPS) is 19.8. The fourth-order valence-corrected chi connectivity index (χ4v) is 4.92. The van der Waals surface area contributed by atoms with Gasteiger partial charge in [-0.05, 0) is 24.4 Å². The van der Waals surface area contributed by atoms with Crippen LogP contribution < -0.4 is 0 Å². The van der Waals surface area contributed by atoms with E-state index >= 15 is 0 Å². The van der Waals surface area contributed by atoms with Crippen LogP contribution in [0.15, 0.2) is 21.7 Å². The second kappa shape index (κ2) is 6.34. The van der Waals surface area contributed by atoms with Gasteiger partial charge >= 0.3 is 0 Å². The molecule has 1 fully saturated rings. The van der Waals surface area contributed by atoms with Gasteiger partial charge in [-0.2, -0.15) is 4.31 Å². The van der Waals surface area contributed by atoms with Crippen LogP contribution in [-0.4, -0.2) is 56.2 Å². The molecule has 0 N–H and O–H groups in total. The summed E-state index contributed by atoms with van der Waals surface area (Å²) in [6, 6.07) is 3.44. The van der Waals surface area contributed by atoms with Crippen molar-refractivity contribution >= 4 is 33.0 Å². The van der Waals surface area contributed by atoms with Gasteiger partial charge in [0.05, 0.1) is 0 Å². The van der Waals surface area contributed by atoms with E-state index in [1.165, 1.54) is 11.3 Å². The number of sulfonamides is 1. The third-order valence-electron chi connectivity index (χ3n) is 3.04. The van der Waals surface area contributed by atoms with Crippen molar-refractivity contribution in [2.24, 2.45) is 0 Å². The number of thiophene rings is 1. The van der Waals surface area contributed by atoms with Gasteiger partial charge in [0.25, 0.3) is 10.0 Å². The van der Waals surface area contributed by atoms with E-state index in [0.717, 1.165) is 26.1 Å². The van der Waals surface area contributed by atoms with Gasteiger partial charge in [0.1, 0.15) is 4.21 Å². The molecule has 1 saturated heterocycles. The van der Waals surface area contributed by atoms with E-state index in [4.69, 9.17) is 11.6 Å². The number of rotatable bonds is 4. The zero-order chi connectivity index (χ0) is 13.0. The van der Waals surface area contributed by atoms with Crippen LogP contribution >= 0.6 is 22.9 Å². The van der Waals surface area contributed by atoms with Gasteiger partial charge < -0.3 is 4.90 Å². The summed E-state index contributed by atoms with van der Waals surface area (Å²) in [5.41, 5.74) is 0. The second-order valence-corrected chi connectivity index (χ2v) is 7.71. The predicted molar refractivity (Wildman–Crippen MR) is 74.9 cm³/mol. The van der Waals surface area contributed by atoms with Crippen molar-refractivity contribution in [2.75, 3.05) is 38.6 Å². The molecule has 1 aliphatic heterocycles. The molecule has 1 aromatic rings. The van der Waals surface area contributed by atoms with Crippen molar-refractivity contribution in [3.05, 3.63) is 17.5 Å². The quantitative estimate of drug-likeness (QED) is 0.795. The first-order chi connectivity index (χ1) is 8.64. The maximum Gasteiger partial charge on any atom is 0.252 e. The molecule has 0 aromatic carbocycles. The number of halogens is 1. The first kappa shape index (κ1) is 14.3. The molecule has 0 atom stereocenters. The van der Waals surface area contributed by atoms with E-state index in [9.17, 15) is 8.42 Å². The maximum atomic E-state index is 12.4. The highest BCUT2D eigenvalue weighted by Gasteiger charge is 2.27. The summed E-state index contributed by atoms with van der Waals surface area (Å²) < 4.78 is 26.7. The van der Waals surface area contributed by atoms with Crippen LogP contribution in [0.5, 0.6) is 0 Å². The van der Waals surface area contributed by atoms with E-state index < -0.39 is 10.0 Å². The molecule has 0 radical (unpaired) electrons. The number of alkyl halides is 1. The monoisotopic (exact) mass is 308 g/mol. The van der Waals surface area contributed by atoms with E-state index in [-0.39, 0.29) is 0 Å². The fourth-order valence-electron chi connectivity index (χ4n) is 2.07. The molecule has 0 bridgehead atoms. The zero-order valence-electron chi connectivity index (χ0n) is 10.1. The summed E-state index contributed by atoms with van der Waals surface area (Å²) in [7, 11) is -3.29. The molecule has 2 heterocycles. The Hall–Kier alpha value is -0.140. The molecular formula is C11H17ClN2O2S2. The van der Waals surface area contributed by atoms with Crippen molar-refractivity contribution in [1.82, 2.24) is 9.21 Å². The largest absolute Gasteiger partial charge is 0.301 e. The molecule has 0 aliphatic carbocycles. The Kier molecular flexibility index (Phi) is 5.03. The van der Waals surface area contributed by atoms with Gasteiger partial charge in [-0.25, -0.2) is 8.42 Å². The Labute approximate surface area is 117 Å². The van der Waals surface area contributed by atoms with Crippen LogP contribution in [0.1, 0.15) is 6.42 Å². The van der Waals surface area contributed by atoms with Crippen LogP contribution in [0.25, 0.3) is 0 Å². The van der Waals surface area contributed by atoms with E-state index in [0.29, 0.717) is 23.2 Å². The molecule has 0 saturated carbocycles. The lowest BCUT2D eigenvalue weighted by molar-refractivity contribution is 0.303.